The first-order chi connectivity index (χ1) is 9.70. The maximum absolute atomic E-state index is 11.4. The summed E-state index contributed by atoms with van der Waals surface area (Å²) in [5.41, 5.74) is 2.37. The van der Waals surface area contributed by atoms with Gasteiger partial charge in [-0.25, -0.2) is 0 Å². The molecule has 1 fully saturated rings. The molecule has 1 aromatic carbocycles. The van der Waals surface area contributed by atoms with Gasteiger partial charge in [0.05, 0.1) is 0 Å². The molecule has 1 amide bonds. The van der Waals surface area contributed by atoms with Crippen LogP contribution in [0.4, 0.5) is 5.69 Å². The number of carbonyl (C=O) groups is 1. The van der Waals surface area contributed by atoms with Gasteiger partial charge >= 0.3 is 0 Å². The van der Waals surface area contributed by atoms with Crippen molar-refractivity contribution < 1.29 is 4.79 Å². The van der Waals surface area contributed by atoms with E-state index >= 15 is 0 Å². The van der Waals surface area contributed by atoms with E-state index in [0.717, 1.165) is 37.6 Å². The fraction of sp³-hybridized carbons (Fsp3) is 0.533. The van der Waals surface area contributed by atoms with Crippen LogP contribution in [0.2, 0.25) is 5.02 Å². The maximum Gasteiger partial charge on any atom is 0.221 e. The van der Waals surface area contributed by atoms with Gasteiger partial charge in [-0.15, -0.1) is 0 Å². The average molecular weight is 296 g/mol. The van der Waals surface area contributed by atoms with Crippen LogP contribution in [0, 0.1) is 0 Å². The zero-order chi connectivity index (χ0) is 14.4. The maximum atomic E-state index is 11.4. The molecule has 0 atom stereocenters. The number of nitrogens with zero attached hydrogens (tertiary/aromatic N) is 1. The molecule has 1 heterocycles. The molecule has 20 heavy (non-hydrogen) atoms. The summed E-state index contributed by atoms with van der Waals surface area (Å²) in [4.78, 5) is 13.7. The fourth-order valence-electron chi connectivity index (χ4n) is 2.41. The van der Waals surface area contributed by atoms with E-state index in [1.54, 1.807) is 0 Å². The van der Waals surface area contributed by atoms with Gasteiger partial charge in [0.15, 0.2) is 0 Å². The molecule has 5 heteroatoms. The van der Waals surface area contributed by atoms with Gasteiger partial charge in [-0.05, 0) is 36.7 Å². The molecule has 0 bridgehead atoms. The number of hydrogen-bond acceptors (Lipinski definition) is 3. The van der Waals surface area contributed by atoms with Gasteiger partial charge in [0.1, 0.15) is 0 Å². The van der Waals surface area contributed by atoms with Crippen LogP contribution in [0.5, 0.6) is 0 Å². The summed E-state index contributed by atoms with van der Waals surface area (Å²) in [7, 11) is 0. The Kier molecular flexibility index (Phi) is 5.68. The van der Waals surface area contributed by atoms with Crippen molar-refractivity contribution in [1.29, 1.82) is 0 Å². The van der Waals surface area contributed by atoms with Crippen LogP contribution in [0.15, 0.2) is 18.2 Å². The van der Waals surface area contributed by atoms with Crippen molar-refractivity contribution >= 4 is 23.2 Å². The van der Waals surface area contributed by atoms with Crippen LogP contribution in [0.1, 0.15) is 25.3 Å². The molecular formula is C15H22ClN3O. The predicted molar refractivity (Wildman–Crippen MR) is 83.3 cm³/mol. The number of anilines is 1. The first-order valence-electron chi connectivity index (χ1n) is 7.21. The van der Waals surface area contributed by atoms with Gasteiger partial charge < -0.3 is 15.5 Å². The third kappa shape index (κ3) is 4.12. The number of benzene rings is 1. The first-order valence-corrected chi connectivity index (χ1v) is 7.59. The molecule has 2 N–H and O–H groups in total. The van der Waals surface area contributed by atoms with E-state index < -0.39 is 0 Å². The van der Waals surface area contributed by atoms with Crippen molar-refractivity contribution in [3.8, 4) is 0 Å². The highest BCUT2D eigenvalue weighted by Crippen LogP contribution is 2.25. The minimum Gasteiger partial charge on any atom is -0.369 e. The summed E-state index contributed by atoms with van der Waals surface area (Å²) >= 11 is 6.11. The van der Waals surface area contributed by atoms with E-state index in [4.69, 9.17) is 11.6 Å². The Labute approximate surface area is 125 Å². The lowest BCUT2D eigenvalue weighted by Gasteiger charge is -2.25. The normalized spacial score (nSPS) is 15.9. The van der Waals surface area contributed by atoms with Crippen molar-refractivity contribution in [2.45, 2.75) is 26.3 Å². The van der Waals surface area contributed by atoms with Gasteiger partial charge in [-0.3, -0.25) is 4.79 Å². The standard InChI is InChI=1S/C15H22ClN3O/c1-2-6-17-11-12-10-13(16)3-4-14(12)19-8-5-15(20)18-7-9-19/h3-4,10,17H,2,5-9,11H2,1H3,(H,18,20). The highest BCUT2D eigenvalue weighted by Gasteiger charge is 2.16. The summed E-state index contributed by atoms with van der Waals surface area (Å²) in [6, 6.07) is 5.99. The summed E-state index contributed by atoms with van der Waals surface area (Å²) < 4.78 is 0. The zero-order valence-corrected chi connectivity index (χ0v) is 12.7. The van der Waals surface area contributed by atoms with E-state index in [-0.39, 0.29) is 5.91 Å². The average Bonchev–Trinajstić information content (AvgIpc) is 2.64. The molecule has 4 nitrogen and oxygen atoms in total. The number of amides is 1. The van der Waals surface area contributed by atoms with Crippen molar-refractivity contribution in [3.05, 3.63) is 28.8 Å². The molecule has 1 saturated heterocycles. The van der Waals surface area contributed by atoms with Crippen LogP contribution in [0.25, 0.3) is 0 Å². The van der Waals surface area contributed by atoms with Crippen LogP contribution in [-0.2, 0) is 11.3 Å². The number of halogens is 1. The summed E-state index contributed by atoms with van der Waals surface area (Å²) in [5, 5.41) is 7.08. The Morgan fingerprint density at radius 2 is 2.25 bits per heavy atom. The van der Waals surface area contributed by atoms with Gasteiger partial charge in [-0.1, -0.05) is 18.5 Å². The minimum absolute atomic E-state index is 0.132. The van der Waals surface area contributed by atoms with Crippen molar-refractivity contribution in [2.75, 3.05) is 31.1 Å². The van der Waals surface area contributed by atoms with Gasteiger partial charge in [-0.2, -0.15) is 0 Å². The molecule has 1 aromatic rings. The van der Waals surface area contributed by atoms with Crippen LogP contribution >= 0.6 is 11.6 Å². The molecule has 0 saturated carbocycles. The van der Waals surface area contributed by atoms with Crippen molar-refractivity contribution in [2.24, 2.45) is 0 Å². The summed E-state index contributed by atoms with van der Waals surface area (Å²) in [5.74, 6) is 0.132. The molecule has 0 radical (unpaired) electrons. The second kappa shape index (κ2) is 7.50. The molecule has 0 unspecified atom stereocenters. The van der Waals surface area contributed by atoms with Crippen LogP contribution in [-0.4, -0.2) is 32.1 Å². The molecular weight excluding hydrogens is 274 g/mol. The van der Waals surface area contributed by atoms with Crippen LogP contribution < -0.4 is 15.5 Å². The number of nitrogens with one attached hydrogen (secondary N) is 2. The molecule has 1 aliphatic heterocycles. The van der Waals surface area contributed by atoms with E-state index in [1.165, 1.54) is 11.3 Å². The third-order valence-corrected chi connectivity index (χ3v) is 3.67. The van der Waals surface area contributed by atoms with Gasteiger partial charge in [0, 0.05) is 43.3 Å². The number of carbonyl (C=O) groups excluding carboxylic acids is 1. The molecule has 0 aromatic heterocycles. The number of hydrogen-bond donors (Lipinski definition) is 2. The molecule has 2 rings (SSSR count). The zero-order valence-electron chi connectivity index (χ0n) is 11.9. The monoisotopic (exact) mass is 295 g/mol. The quantitative estimate of drug-likeness (QED) is 0.818. The molecule has 0 spiro atoms. The summed E-state index contributed by atoms with van der Waals surface area (Å²) in [6.45, 7) is 6.25. The SMILES string of the molecule is CCCNCc1cc(Cl)ccc1N1CCNC(=O)CC1. The highest BCUT2D eigenvalue weighted by atomic mass is 35.5. The lowest BCUT2D eigenvalue weighted by atomic mass is 10.1. The predicted octanol–water partition coefficient (Wildman–Crippen LogP) is 2.17. The Morgan fingerprint density at radius 3 is 3.05 bits per heavy atom. The van der Waals surface area contributed by atoms with E-state index in [2.05, 4.69) is 28.5 Å². The van der Waals surface area contributed by atoms with Gasteiger partial charge in [0.2, 0.25) is 5.91 Å². The Bertz CT molecular complexity index is 464. The van der Waals surface area contributed by atoms with Gasteiger partial charge in [0.25, 0.3) is 0 Å². The minimum atomic E-state index is 0.132. The highest BCUT2D eigenvalue weighted by molar-refractivity contribution is 6.30. The molecule has 0 aliphatic carbocycles. The van der Waals surface area contributed by atoms with Crippen molar-refractivity contribution in [1.82, 2.24) is 10.6 Å². The summed E-state index contributed by atoms with van der Waals surface area (Å²) in [6.07, 6.45) is 1.66. The molecule has 1 aliphatic rings. The fourth-order valence-corrected chi connectivity index (χ4v) is 2.61. The second-order valence-corrected chi connectivity index (χ2v) is 5.47. The lowest BCUT2D eigenvalue weighted by molar-refractivity contribution is -0.120. The second-order valence-electron chi connectivity index (χ2n) is 5.04. The van der Waals surface area contributed by atoms with Crippen LogP contribution in [0.3, 0.4) is 0 Å². The van der Waals surface area contributed by atoms with Crippen molar-refractivity contribution in [3.63, 3.8) is 0 Å². The first kappa shape index (κ1) is 15.1. The number of rotatable bonds is 5. The lowest BCUT2D eigenvalue weighted by Crippen LogP contribution is -2.29. The third-order valence-electron chi connectivity index (χ3n) is 3.44. The van der Waals surface area contributed by atoms with E-state index in [1.807, 2.05) is 12.1 Å². The van der Waals surface area contributed by atoms with E-state index in [9.17, 15) is 4.79 Å². The Balaban J connectivity index is 2.14. The molecule has 110 valence electrons. The Hall–Kier alpha value is -1.26. The largest absolute Gasteiger partial charge is 0.369 e. The smallest absolute Gasteiger partial charge is 0.221 e. The Morgan fingerprint density at radius 1 is 1.40 bits per heavy atom. The topological polar surface area (TPSA) is 44.4 Å². The van der Waals surface area contributed by atoms with E-state index in [0.29, 0.717) is 13.0 Å².